The number of esters is 1. The number of ether oxygens (including phenoxy) is 1. The lowest BCUT2D eigenvalue weighted by molar-refractivity contribution is -0.139. The first kappa shape index (κ1) is 16.3. The molecule has 2 aromatic rings. The highest BCUT2D eigenvalue weighted by Crippen LogP contribution is 2.36. The Kier molecular flexibility index (Phi) is 4.71. The van der Waals surface area contributed by atoms with E-state index >= 15 is 0 Å². The van der Waals surface area contributed by atoms with Crippen molar-refractivity contribution in [3.63, 3.8) is 0 Å². The maximum absolute atomic E-state index is 12.6. The number of carbonyl (C=O) groups is 2. The molecule has 0 saturated carbocycles. The van der Waals surface area contributed by atoms with Crippen molar-refractivity contribution in [2.45, 2.75) is 12.5 Å². The van der Waals surface area contributed by atoms with Crippen molar-refractivity contribution in [3.8, 4) is 0 Å². The highest BCUT2D eigenvalue weighted by atomic mass is 35.5. The highest BCUT2D eigenvalue weighted by molar-refractivity contribution is 6.31. The van der Waals surface area contributed by atoms with Gasteiger partial charge >= 0.3 is 12.0 Å². The second kappa shape index (κ2) is 6.92. The first-order valence-electron chi connectivity index (χ1n) is 7.49. The zero-order valence-corrected chi connectivity index (χ0v) is 13.8. The number of hydrogen-bond donors (Lipinski definition) is 2. The van der Waals surface area contributed by atoms with Gasteiger partial charge in [0.15, 0.2) is 0 Å². The zero-order valence-electron chi connectivity index (χ0n) is 13.1. The van der Waals surface area contributed by atoms with Crippen LogP contribution in [0.5, 0.6) is 0 Å². The molecule has 0 saturated heterocycles. The number of fused-ring (bicyclic) bond motifs is 1. The van der Waals surface area contributed by atoms with Crippen LogP contribution in [-0.4, -0.2) is 47.1 Å². The Morgan fingerprint density at radius 3 is 3.00 bits per heavy atom. The van der Waals surface area contributed by atoms with E-state index in [4.69, 9.17) is 11.6 Å². The normalized spacial score (nSPS) is 16.4. The maximum Gasteiger partial charge on any atom is 0.325 e. The average Bonchev–Trinajstić information content (AvgIpc) is 3.07. The zero-order chi connectivity index (χ0) is 17.1. The van der Waals surface area contributed by atoms with E-state index in [9.17, 15) is 9.59 Å². The van der Waals surface area contributed by atoms with E-state index in [1.807, 2.05) is 18.2 Å². The van der Waals surface area contributed by atoms with Gasteiger partial charge in [0.25, 0.3) is 0 Å². The Hall–Kier alpha value is -2.54. The van der Waals surface area contributed by atoms with Crippen LogP contribution in [-0.2, 0) is 16.0 Å². The molecule has 2 amide bonds. The van der Waals surface area contributed by atoms with Crippen LogP contribution < -0.4 is 5.32 Å². The van der Waals surface area contributed by atoms with Gasteiger partial charge < -0.3 is 19.9 Å². The van der Waals surface area contributed by atoms with E-state index in [-0.39, 0.29) is 12.6 Å². The highest BCUT2D eigenvalue weighted by Gasteiger charge is 2.35. The first-order valence-corrected chi connectivity index (χ1v) is 7.87. The molecule has 1 aliphatic heterocycles. The summed E-state index contributed by atoms with van der Waals surface area (Å²) in [7, 11) is 1.28. The van der Waals surface area contributed by atoms with Crippen LogP contribution in [0.3, 0.4) is 0 Å². The third-order valence-corrected chi connectivity index (χ3v) is 4.34. The fourth-order valence-corrected chi connectivity index (χ4v) is 3.07. The van der Waals surface area contributed by atoms with Gasteiger partial charge in [-0.2, -0.15) is 0 Å². The molecule has 8 heteroatoms. The quantitative estimate of drug-likeness (QED) is 0.829. The van der Waals surface area contributed by atoms with Crippen molar-refractivity contribution < 1.29 is 14.3 Å². The van der Waals surface area contributed by atoms with Gasteiger partial charge in [0.2, 0.25) is 0 Å². The Morgan fingerprint density at radius 2 is 2.25 bits per heavy atom. The largest absolute Gasteiger partial charge is 0.468 e. The standard InChI is InChI=1S/C16H17ClN4O3/c1-24-13(22)8-18-16(23)21-7-6-12-14(20-9-19-12)15(21)10-4-2-3-5-11(10)17/h2-5,9,15H,6-8H2,1H3,(H,18,23)(H,19,20)/t15-/m1/s1. The number of nitrogens with one attached hydrogen (secondary N) is 2. The summed E-state index contributed by atoms with van der Waals surface area (Å²) in [6.07, 6.45) is 2.27. The van der Waals surface area contributed by atoms with Crippen LogP contribution in [0.15, 0.2) is 30.6 Å². The molecule has 3 rings (SSSR count). The van der Waals surface area contributed by atoms with E-state index in [1.54, 1.807) is 17.3 Å². The SMILES string of the molecule is COC(=O)CNC(=O)N1CCc2[nH]cnc2[C@H]1c1ccccc1Cl. The summed E-state index contributed by atoms with van der Waals surface area (Å²) in [4.78, 5) is 33.0. The number of H-pyrrole nitrogens is 1. The van der Waals surface area contributed by atoms with E-state index in [0.29, 0.717) is 18.0 Å². The number of carbonyl (C=O) groups excluding carboxylic acids is 2. The van der Waals surface area contributed by atoms with Gasteiger partial charge in [-0.3, -0.25) is 4.79 Å². The molecule has 1 aromatic heterocycles. The van der Waals surface area contributed by atoms with E-state index in [2.05, 4.69) is 20.0 Å². The minimum absolute atomic E-state index is 0.186. The predicted octanol–water partition coefficient (Wildman–Crippen LogP) is 1.89. The number of aromatic amines is 1. The van der Waals surface area contributed by atoms with Crippen molar-refractivity contribution in [2.24, 2.45) is 0 Å². The van der Waals surface area contributed by atoms with Crippen molar-refractivity contribution in [1.29, 1.82) is 0 Å². The molecular formula is C16H17ClN4O3. The Balaban J connectivity index is 1.92. The van der Waals surface area contributed by atoms with Crippen molar-refractivity contribution >= 4 is 23.6 Å². The Bertz CT molecular complexity index is 761. The van der Waals surface area contributed by atoms with Gasteiger partial charge in [0.05, 0.1) is 19.1 Å². The Morgan fingerprint density at radius 1 is 1.46 bits per heavy atom. The minimum atomic E-state index is -0.505. The van der Waals surface area contributed by atoms with E-state index in [1.165, 1.54) is 7.11 Å². The second-order valence-corrected chi connectivity index (χ2v) is 5.78. The van der Waals surface area contributed by atoms with Crippen LogP contribution in [0.2, 0.25) is 5.02 Å². The fraction of sp³-hybridized carbons (Fsp3) is 0.312. The monoisotopic (exact) mass is 348 g/mol. The summed E-state index contributed by atoms with van der Waals surface area (Å²) in [5.41, 5.74) is 2.54. The molecule has 0 aliphatic carbocycles. The summed E-state index contributed by atoms with van der Waals surface area (Å²) in [6.45, 7) is 0.298. The van der Waals surface area contributed by atoms with Gasteiger partial charge in [-0.15, -0.1) is 0 Å². The Labute approximate surface area is 144 Å². The third kappa shape index (κ3) is 3.07. The number of aromatic nitrogens is 2. The summed E-state index contributed by atoms with van der Waals surface area (Å²) in [5.74, 6) is -0.505. The second-order valence-electron chi connectivity index (χ2n) is 5.37. The van der Waals surface area contributed by atoms with Crippen molar-refractivity contribution in [2.75, 3.05) is 20.2 Å². The molecule has 7 nitrogen and oxygen atoms in total. The van der Waals surface area contributed by atoms with Crippen LogP contribution in [0.4, 0.5) is 4.79 Å². The number of nitrogens with zero attached hydrogens (tertiary/aromatic N) is 2. The van der Waals surface area contributed by atoms with Crippen LogP contribution in [0, 0.1) is 0 Å². The first-order chi connectivity index (χ1) is 11.6. The van der Waals surface area contributed by atoms with Crippen LogP contribution in [0.1, 0.15) is 23.0 Å². The molecule has 1 aromatic carbocycles. The van der Waals surface area contributed by atoms with Gasteiger partial charge in [-0.25, -0.2) is 9.78 Å². The van der Waals surface area contributed by atoms with Crippen LogP contribution >= 0.6 is 11.6 Å². The molecule has 0 unspecified atom stereocenters. The molecule has 0 bridgehead atoms. The predicted molar refractivity (Wildman–Crippen MR) is 87.7 cm³/mol. The number of amides is 2. The number of imidazole rings is 1. The van der Waals surface area contributed by atoms with Gasteiger partial charge in [0.1, 0.15) is 12.6 Å². The summed E-state index contributed by atoms with van der Waals surface area (Å²) in [6, 6.07) is 6.58. The smallest absolute Gasteiger partial charge is 0.325 e. The summed E-state index contributed by atoms with van der Waals surface area (Å²) in [5, 5.41) is 3.14. The topological polar surface area (TPSA) is 87.3 Å². The molecule has 126 valence electrons. The summed E-state index contributed by atoms with van der Waals surface area (Å²) < 4.78 is 4.55. The molecule has 1 atom stereocenters. The molecule has 0 fully saturated rings. The molecule has 0 radical (unpaired) electrons. The number of hydrogen-bond acceptors (Lipinski definition) is 4. The lowest BCUT2D eigenvalue weighted by atomic mass is 9.96. The van der Waals surface area contributed by atoms with Crippen molar-refractivity contribution in [1.82, 2.24) is 20.2 Å². The van der Waals surface area contributed by atoms with E-state index in [0.717, 1.165) is 17.0 Å². The molecule has 24 heavy (non-hydrogen) atoms. The number of rotatable bonds is 3. The summed E-state index contributed by atoms with van der Waals surface area (Å²) >= 11 is 6.34. The molecule has 2 N–H and O–H groups in total. The number of methoxy groups -OCH3 is 1. The van der Waals surface area contributed by atoms with Gasteiger partial charge in [0, 0.05) is 23.7 Å². The van der Waals surface area contributed by atoms with Crippen LogP contribution in [0.25, 0.3) is 0 Å². The molecule has 0 spiro atoms. The number of benzene rings is 1. The number of urea groups is 1. The van der Waals surface area contributed by atoms with Gasteiger partial charge in [-0.1, -0.05) is 29.8 Å². The minimum Gasteiger partial charge on any atom is -0.468 e. The number of halogens is 1. The maximum atomic E-state index is 12.6. The lowest BCUT2D eigenvalue weighted by Gasteiger charge is -2.35. The molecule has 2 heterocycles. The average molecular weight is 349 g/mol. The van der Waals surface area contributed by atoms with E-state index < -0.39 is 12.0 Å². The molecular weight excluding hydrogens is 332 g/mol. The molecule has 1 aliphatic rings. The third-order valence-electron chi connectivity index (χ3n) is 4.00. The van der Waals surface area contributed by atoms with Crippen molar-refractivity contribution in [3.05, 3.63) is 52.6 Å². The van der Waals surface area contributed by atoms with Gasteiger partial charge in [-0.05, 0) is 11.6 Å². The fourth-order valence-electron chi connectivity index (χ4n) is 2.83. The lowest BCUT2D eigenvalue weighted by Crippen LogP contribution is -2.47.